The van der Waals surface area contributed by atoms with Crippen LogP contribution >= 0.6 is 40.7 Å². The monoisotopic (exact) mass is 609 g/mol. The van der Waals surface area contributed by atoms with E-state index < -0.39 is 6.36 Å². The molecule has 0 amide bonds. The maximum atomic E-state index is 12.8. The van der Waals surface area contributed by atoms with Gasteiger partial charge in [-0.25, -0.2) is 4.98 Å². The summed E-state index contributed by atoms with van der Waals surface area (Å²) in [4.78, 5) is 13.5. The van der Waals surface area contributed by atoms with E-state index in [1.807, 2.05) is 43.3 Å². The maximum absolute atomic E-state index is 12.8. The zero-order valence-corrected chi connectivity index (χ0v) is 23.1. The van der Waals surface area contributed by atoms with Crippen LogP contribution < -0.4 is 15.0 Å². The first kappa shape index (κ1) is 30.2. The molecule has 198 valence electrons. The number of aromatic nitrogens is 2. The van der Waals surface area contributed by atoms with Gasteiger partial charge in [0.1, 0.15) is 11.6 Å². The van der Waals surface area contributed by atoms with E-state index in [1.165, 1.54) is 6.07 Å². The van der Waals surface area contributed by atoms with E-state index in [0.29, 0.717) is 28.4 Å². The zero-order chi connectivity index (χ0) is 24.3. The molecule has 6 nitrogen and oxygen atoms in total. The molecule has 0 aliphatic carbocycles. The minimum atomic E-state index is -4.72. The van der Waals surface area contributed by atoms with Crippen LogP contribution in [0.15, 0.2) is 46.9 Å². The summed E-state index contributed by atoms with van der Waals surface area (Å²) in [6, 6.07) is 12.7. The number of piperidine rings is 1. The van der Waals surface area contributed by atoms with Crippen molar-refractivity contribution in [2.24, 2.45) is 5.92 Å². The molecular weight excluding hydrogens is 582 g/mol. The lowest BCUT2D eigenvalue weighted by Gasteiger charge is -2.32. The minimum Gasteiger partial charge on any atom is -0.405 e. The molecule has 0 bridgehead atoms. The van der Waals surface area contributed by atoms with Gasteiger partial charge in [-0.3, -0.25) is 4.90 Å². The second-order valence-corrected chi connectivity index (χ2v) is 9.60. The van der Waals surface area contributed by atoms with Crippen molar-refractivity contribution in [2.75, 3.05) is 43.9 Å². The largest absolute Gasteiger partial charge is 0.573 e. The van der Waals surface area contributed by atoms with E-state index in [1.54, 1.807) is 12.1 Å². The van der Waals surface area contributed by atoms with E-state index in [2.05, 4.69) is 40.9 Å². The number of hydrogen-bond donors (Lipinski definition) is 1. The molecule has 1 aliphatic heterocycles. The van der Waals surface area contributed by atoms with Gasteiger partial charge in [0.2, 0.25) is 5.95 Å². The molecule has 0 spiro atoms. The third-order valence-corrected chi connectivity index (χ3v) is 6.40. The number of para-hydroxylation sites is 1. The summed E-state index contributed by atoms with van der Waals surface area (Å²) in [7, 11) is 3.93. The van der Waals surface area contributed by atoms with Gasteiger partial charge in [-0.15, -0.1) is 38.0 Å². The Balaban J connectivity index is 0.00000228. The first-order chi connectivity index (χ1) is 16.2. The predicted octanol–water partition coefficient (Wildman–Crippen LogP) is 6.52. The average Bonchev–Trinajstić information content (AvgIpc) is 2.78. The van der Waals surface area contributed by atoms with Crippen molar-refractivity contribution in [3.05, 3.63) is 52.5 Å². The van der Waals surface area contributed by atoms with E-state index >= 15 is 0 Å². The molecule has 4 rings (SSSR count). The number of halogens is 6. The minimum absolute atomic E-state index is 0. The molecule has 1 N–H and O–H groups in total. The smallest absolute Gasteiger partial charge is 0.405 e. The molecule has 1 aliphatic rings. The average molecular weight is 611 g/mol. The Morgan fingerprint density at radius 2 is 1.78 bits per heavy atom. The molecule has 0 saturated carbocycles. The number of anilines is 2. The van der Waals surface area contributed by atoms with Crippen molar-refractivity contribution >= 4 is 63.4 Å². The van der Waals surface area contributed by atoms with Gasteiger partial charge in [-0.05, 0) is 56.1 Å². The fourth-order valence-electron chi connectivity index (χ4n) is 4.18. The number of benzene rings is 2. The summed E-state index contributed by atoms with van der Waals surface area (Å²) in [6.07, 6.45) is -2.84. The third kappa shape index (κ3) is 7.99. The second kappa shape index (κ2) is 13.0. The molecule has 3 aromatic rings. The summed E-state index contributed by atoms with van der Waals surface area (Å²) in [5.41, 5.74) is 1.42. The van der Waals surface area contributed by atoms with Gasteiger partial charge >= 0.3 is 6.36 Å². The molecule has 12 heteroatoms. The van der Waals surface area contributed by atoms with Gasteiger partial charge in [0.25, 0.3) is 0 Å². The summed E-state index contributed by atoms with van der Waals surface area (Å²) < 4.78 is 43.2. The number of fused-ring (bicyclic) bond motifs is 1. The second-order valence-electron chi connectivity index (χ2n) is 8.68. The normalized spacial score (nSPS) is 14.6. The lowest BCUT2D eigenvalue weighted by atomic mass is 9.96. The van der Waals surface area contributed by atoms with Gasteiger partial charge in [-0.2, -0.15) is 4.98 Å². The van der Waals surface area contributed by atoms with Crippen LogP contribution in [0.3, 0.4) is 0 Å². The summed E-state index contributed by atoms with van der Waals surface area (Å²) in [6.45, 7) is 2.77. The van der Waals surface area contributed by atoms with Crippen LogP contribution in [0.2, 0.25) is 0 Å². The molecule has 1 aromatic heterocycles. The fraction of sp³-hybridized carbons (Fsp3) is 0.417. The number of alkyl halides is 3. The summed E-state index contributed by atoms with van der Waals surface area (Å²) in [5.74, 6) is 1.75. The van der Waals surface area contributed by atoms with Crippen LogP contribution in [0.25, 0.3) is 10.9 Å². The van der Waals surface area contributed by atoms with Crippen LogP contribution in [0.1, 0.15) is 18.4 Å². The third-order valence-electron chi connectivity index (χ3n) is 5.91. The van der Waals surface area contributed by atoms with E-state index in [4.69, 9.17) is 0 Å². The van der Waals surface area contributed by atoms with Crippen molar-refractivity contribution in [3.8, 4) is 5.75 Å². The van der Waals surface area contributed by atoms with Crippen molar-refractivity contribution in [3.63, 3.8) is 0 Å². The first-order valence-corrected chi connectivity index (χ1v) is 11.9. The highest BCUT2D eigenvalue weighted by Gasteiger charge is 2.32. The molecular formula is C24H29BrCl2F3N5O. The summed E-state index contributed by atoms with van der Waals surface area (Å²) in [5, 5.41) is 4.40. The number of nitrogens with one attached hydrogen (secondary N) is 1. The maximum Gasteiger partial charge on any atom is 0.573 e. The van der Waals surface area contributed by atoms with Crippen LogP contribution in [-0.4, -0.2) is 55.0 Å². The van der Waals surface area contributed by atoms with Crippen LogP contribution in [0.5, 0.6) is 5.75 Å². The van der Waals surface area contributed by atoms with E-state index in [-0.39, 0.29) is 30.6 Å². The van der Waals surface area contributed by atoms with E-state index in [0.717, 1.165) is 49.2 Å². The van der Waals surface area contributed by atoms with Crippen molar-refractivity contribution in [1.29, 1.82) is 0 Å². The predicted molar refractivity (Wildman–Crippen MR) is 146 cm³/mol. The van der Waals surface area contributed by atoms with Crippen molar-refractivity contribution < 1.29 is 17.9 Å². The SMILES string of the molecule is CN(C)c1nc(NCC2CCN(Cc3ccc(Br)cc3OC(F)(F)F)CC2)nc2ccccc12.Cl.Cl. The molecule has 1 saturated heterocycles. The van der Waals surface area contributed by atoms with Gasteiger partial charge in [0.15, 0.2) is 0 Å². The molecule has 0 radical (unpaired) electrons. The summed E-state index contributed by atoms with van der Waals surface area (Å²) >= 11 is 3.22. The first-order valence-electron chi connectivity index (χ1n) is 11.1. The fourth-order valence-corrected chi connectivity index (χ4v) is 4.52. The zero-order valence-electron chi connectivity index (χ0n) is 19.9. The number of nitrogens with zero attached hydrogens (tertiary/aromatic N) is 4. The highest BCUT2D eigenvalue weighted by atomic mass is 79.9. The highest BCUT2D eigenvalue weighted by Crippen LogP contribution is 2.31. The number of ether oxygens (including phenoxy) is 1. The van der Waals surface area contributed by atoms with Crippen LogP contribution in [0.4, 0.5) is 24.9 Å². The lowest BCUT2D eigenvalue weighted by Crippen LogP contribution is -2.35. The topological polar surface area (TPSA) is 53.5 Å². The van der Waals surface area contributed by atoms with Crippen LogP contribution in [-0.2, 0) is 6.54 Å². The molecule has 2 aromatic carbocycles. The Kier molecular flexibility index (Phi) is 10.9. The van der Waals surface area contributed by atoms with Crippen molar-refractivity contribution in [1.82, 2.24) is 14.9 Å². The Morgan fingerprint density at radius 1 is 1.08 bits per heavy atom. The molecule has 0 atom stereocenters. The quantitative estimate of drug-likeness (QED) is 0.328. The molecule has 0 unspecified atom stereocenters. The Bertz CT molecular complexity index is 1140. The Morgan fingerprint density at radius 3 is 2.44 bits per heavy atom. The Hall–Kier alpha value is -2.01. The number of hydrogen-bond acceptors (Lipinski definition) is 6. The van der Waals surface area contributed by atoms with Crippen LogP contribution in [0, 0.1) is 5.92 Å². The lowest BCUT2D eigenvalue weighted by molar-refractivity contribution is -0.275. The standard InChI is InChI=1S/C24H27BrF3N5O.2ClH/c1-32(2)22-19-5-3-4-6-20(19)30-23(31-22)29-14-16-9-11-33(12-10-16)15-17-7-8-18(25)13-21(17)34-24(26,27)28;;/h3-8,13,16H,9-12,14-15H2,1-2H3,(H,29,30,31);2*1H. The molecule has 1 fully saturated rings. The molecule has 36 heavy (non-hydrogen) atoms. The highest BCUT2D eigenvalue weighted by molar-refractivity contribution is 9.10. The van der Waals surface area contributed by atoms with Gasteiger partial charge in [0, 0.05) is 42.6 Å². The molecule has 2 heterocycles. The van der Waals surface area contributed by atoms with E-state index in [9.17, 15) is 13.2 Å². The Labute approximate surface area is 229 Å². The van der Waals surface area contributed by atoms with Gasteiger partial charge in [0.05, 0.1) is 5.52 Å². The number of rotatable bonds is 7. The van der Waals surface area contributed by atoms with Gasteiger partial charge in [-0.1, -0.05) is 34.1 Å². The van der Waals surface area contributed by atoms with Crippen molar-refractivity contribution in [2.45, 2.75) is 25.7 Å². The van der Waals surface area contributed by atoms with Gasteiger partial charge < -0.3 is 15.0 Å². The number of likely N-dealkylation sites (tertiary alicyclic amines) is 1.